The third-order valence-corrected chi connectivity index (χ3v) is 4.19. The van der Waals surface area contributed by atoms with Gasteiger partial charge in [0.15, 0.2) is 0 Å². The van der Waals surface area contributed by atoms with E-state index in [0.717, 1.165) is 6.07 Å². The van der Waals surface area contributed by atoms with E-state index in [9.17, 15) is 24.5 Å². The van der Waals surface area contributed by atoms with Crippen LogP contribution < -0.4 is 20.3 Å². The average molecular weight is 412 g/mol. The molecule has 11 nitrogen and oxygen atoms in total. The number of fused-ring (bicyclic) bond motifs is 1. The third-order valence-electron chi connectivity index (χ3n) is 4.19. The van der Waals surface area contributed by atoms with Crippen LogP contribution in [0.15, 0.2) is 41.2 Å². The van der Waals surface area contributed by atoms with Crippen molar-refractivity contribution in [1.82, 2.24) is 9.97 Å². The molecule has 2 aromatic carbocycles. The van der Waals surface area contributed by atoms with Crippen molar-refractivity contribution in [3.63, 3.8) is 0 Å². The molecule has 1 amide bonds. The number of hydrogen-bond donors (Lipinski definition) is 2. The zero-order valence-corrected chi connectivity index (χ0v) is 15.9. The summed E-state index contributed by atoms with van der Waals surface area (Å²) in [5, 5.41) is 13.3. The van der Waals surface area contributed by atoms with Gasteiger partial charge in [-0.25, -0.2) is 4.98 Å². The van der Waals surface area contributed by atoms with Crippen LogP contribution in [0.3, 0.4) is 0 Å². The van der Waals surface area contributed by atoms with Gasteiger partial charge in [-0.15, -0.1) is 0 Å². The number of carbonyl (C=O) groups excluding carboxylic acids is 2. The molecule has 3 aromatic rings. The Kier molecular flexibility index (Phi) is 5.72. The molecule has 0 atom stereocenters. The molecule has 3 rings (SSSR count). The normalized spacial score (nSPS) is 10.5. The SMILES string of the molecule is COc1ccc(NC(=O)C(=O)Cc2nc3ccc([N+](=O)[O-])cc3[nH]c2=O)c(OC)c1. The van der Waals surface area contributed by atoms with Gasteiger partial charge in [0.1, 0.15) is 17.2 Å². The van der Waals surface area contributed by atoms with E-state index in [0.29, 0.717) is 11.5 Å². The molecule has 2 N–H and O–H groups in total. The first-order valence-corrected chi connectivity index (χ1v) is 8.56. The molecule has 0 spiro atoms. The molecule has 11 heteroatoms. The van der Waals surface area contributed by atoms with E-state index >= 15 is 0 Å². The molecule has 0 aliphatic rings. The van der Waals surface area contributed by atoms with Crippen molar-refractivity contribution in [2.24, 2.45) is 0 Å². The maximum absolute atomic E-state index is 12.3. The third kappa shape index (κ3) is 4.24. The number of nitrogens with one attached hydrogen (secondary N) is 2. The van der Waals surface area contributed by atoms with E-state index in [1.165, 1.54) is 38.5 Å². The van der Waals surface area contributed by atoms with Crippen molar-refractivity contribution in [2.45, 2.75) is 6.42 Å². The van der Waals surface area contributed by atoms with E-state index in [4.69, 9.17) is 9.47 Å². The summed E-state index contributed by atoms with van der Waals surface area (Å²) in [6, 6.07) is 8.36. The summed E-state index contributed by atoms with van der Waals surface area (Å²) in [5.74, 6) is -1.06. The van der Waals surface area contributed by atoms with Gasteiger partial charge in [-0.1, -0.05) is 0 Å². The lowest BCUT2D eigenvalue weighted by Gasteiger charge is -2.11. The molecule has 1 aromatic heterocycles. The van der Waals surface area contributed by atoms with Crippen molar-refractivity contribution in [2.75, 3.05) is 19.5 Å². The number of aromatic amines is 1. The molecule has 0 unspecified atom stereocenters. The number of hydrogen-bond acceptors (Lipinski definition) is 8. The van der Waals surface area contributed by atoms with Gasteiger partial charge in [-0.2, -0.15) is 0 Å². The number of carbonyl (C=O) groups is 2. The van der Waals surface area contributed by atoms with Gasteiger partial charge in [-0.05, 0) is 18.2 Å². The van der Waals surface area contributed by atoms with Gasteiger partial charge in [0.2, 0.25) is 5.78 Å². The van der Waals surface area contributed by atoms with Gasteiger partial charge in [0.05, 0.1) is 42.3 Å². The second-order valence-corrected chi connectivity index (χ2v) is 6.09. The number of anilines is 1. The Labute approximate surface area is 168 Å². The first kappa shape index (κ1) is 20.5. The Balaban J connectivity index is 1.80. The number of Topliss-reactive ketones (excluding diaryl/α,β-unsaturated/α-hetero) is 1. The van der Waals surface area contributed by atoms with E-state index in [2.05, 4.69) is 15.3 Å². The first-order chi connectivity index (χ1) is 14.3. The topological polar surface area (TPSA) is 154 Å². The standard InChI is InChI=1S/C19H16N4O7/c1-29-11-4-6-13(17(8-11)30-2)21-19(26)16(24)9-15-18(25)22-14-7-10(23(27)28)3-5-12(14)20-15/h3-8H,9H2,1-2H3,(H,21,26)(H,22,25). The minimum atomic E-state index is -0.955. The monoisotopic (exact) mass is 412 g/mol. The molecular weight excluding hydrogens is 396 g/mol. The Morgan fingerprint density at radius 1 is 1.17 bits per heavy atom. The number of amides is 1. The maximum Gasteiger partial charge on any atom is 0.292 e. The van der Waals surface area contributed by atoms with Crippen molar-refractivity contribution in [1.29, 1.82) is 0 Å². The van der Waals surface area contributed by atoms with Crippen LogP contribution in [0.5, 0.6) is 11.5 Å². The second-order valence-electron chi connectivity index (χ2n) is 6.09. The number of nitrogens with zero attached hydrogens (tertiary/aromatic N) is 2. The molecule has 0 aliphatic heterocycles. The zero-order chi connectivity index (χ0) is 21.8. The minimum Gasteiger partial charge on any atom is -0.497 e. The fourth-order valence-electron chi connectivity index (χ4n) is 2.67. The molecule has 154 valence electrons. The Hall–Kier alpha value is -4.28. The number of nitro benzene ring substituents is 1. The Morgan fingerprint density at radius 3 is 2.60 bits per heavy atom. The highest BCUT2D eigenvalue weighted by Crippen LogP contribution is 2.29. The van der Waals surface area contributed by atoms with Gasteiger partial charge in [0, 0.05) is 18.2 Å². The van der Waals surface area contributed by atoms with Crippen LogP contribution in [-0.2, 0) is 16.0 Å². The summed E-state index contributed by atoms with van der Waals surface area (Å²) in [4.78, 5) is 53.5. The van der Waals surface area contributed by atoms with E-state index < -0.39 is 28.6 Å². The minimum absolute atomic E-state index is 0.151. The van der Waals surface area contributed by atoms with Crippen LogP contribution in [0.4, 0.5) is 11.4 Å². The molecule has 0 bridgehead atoms. The molecular formula is C19H16N4O7. The number of methoxy groups -OCH3 is 2. The van der Waals surface area contributed by atoms with Gasteiger partial charge < -0.3 is 19.8 Å². The highest BCUT2D eigenvalue weighted by atomic mass is 16.6. The van der Waals surface area contributed by atoms with Crippen LogP contribution in [0, 0.1) is 10.1 Å². The number of ketones is 1. The lowest BCUT2D eigenvalue weighted by atomic mass is 10.2. The predicted molar refractivity (Wildman–Crippen MR) is 106 cm³/mol. The molecule has 0 fully saturated rings. The summed E-state index contributed by atoms with van der Waals surface area (Å²) in [5.41, 5.74) is -0.455. The quantitative estimate of drug-likeness (QED) is 0.337. The van der Waals surface area contributed by atoms with Crippen LogP contribution in [0.1, 0.15) is 5.69 Å². The molecule has 0 radical (unpaired) electrons. The average Bonchev–Trinajstić information content (AvgIpc) is 2.73. The fraction of sp³-hybridized carbons (Fsp3) is 0.158. The highest BCUT2D eigenvalue weighted by molar-refractivity contribution is 6.41. The number of aromatic nitrogens is 2. The van der Waals surface area contributed by atoms with Crippen LogP contribution >= 0.6 is 0 Å². The van der Waals surface area contributed by atoms with Gasteiger partial charge >= 0.3 is 0 Å². The summed E-state index contributed by atoms with van der Waals surface area (Å²) in [6.07, 6.45) is -0.549. The smallest absolute Gasteiger partial charge is 0.292 e. The molecule has 30 heavy (non-hydrogen) atoms. The zero-order valence-electron chi connectivity index (χ0n) is 15.9. The molecule has 0 saturated heterocycles. The maximum atomic E-state index is 12.3. The largest absolute Gasteiger partial charge is 0.497 e. The lowest BCUT2D eigenvalue weighted by Crippen LogP contribution is -2.28. The summed E-state index contributed by atoms with van der Waals surface area (Å²) in [7, 11) is 2.87. The molecule has 0 aliphatic carbocycles. The van der Waals surface area contributed by atoms with E-state index in [1.807, 2.05) is 0 Å². The molecule has 0 saturated carbocycles. The first-order valence-electron chi connectivity index (χ1n) is 8.56. The number of nitro groups is 1. The van der Waals surface area contributed by atoms with Crippen LogP contribution in [0.2, 0.25) is 0 Å². The Bertz CT molecular complexity index is 1220. The van der Waals surface area contributed by atoms with Crippen LogP contribution in [-0.4, -0.2) is 40.8 Å². The summed E-state index contributed by atoms with van der Waals surface area (Å²) >= 11 is 0. The lowest BCUT2D eigenvalue weighted by molar-refractivity contribution is -0.384. The van der Waals surface area contributed by atoms with Crippen molar-refractivity contribution in [3.05, 3.63) is 62.6 Å². The van der Waals surface area contributed by atoms with Gasteiger partial charge in [0.25, 0.3) is 17.2 Å². The van der Waals surface area contributed by atoms with E-state index in [1.54, 1.807) is 6.07 Å². The van der Waals surface area contributed by atoms with Gasteiger partial charge in [-0.3, -0.25) is 24.5 Å². The number of rotatable bonds is 7. The molecule has 1 heterocycles. The Morgan fingerprint density at radius 2 is 1.93 bits per heavy atom. The number of ether oxygens (including phenoxy) is 2. The highest BCUT2D eigenvalue weighted by Gasteiger charge is 2.20. The van der Waals surface area contributed by atoms with E-state index in [-0.39, 0.29) is 28.1 Å². The van der Waals surface area contributed by atoms with Crippen LogP contribution in [0.25, 0.3) is 11.0 Å². The number of benzene rings is 2. The summed E-state index contributed by atoms with van der Waals surface area (Å²) in [6.45, 7) is 0. The second kappa shape index (κ2) is 8.39. The number of non-ortho nitro benzene ring substituents is 1. The van der Waals surface area contributed by atoms with Crippen molar-refractivity contribution in [3.8, 4) is 11.5 Å². The summed E-state index contributed by atoms with van der Waals surface area (Å²) < 4.78 is 10.2. The van der Waals surface area contributed by atoms with Crippen molar-refractivity contribution >= 4 is 34.1 Å². The predicted octanol–water partition coefficient (Wildman–Crippen LogP) is 1.60. The number of H-pyrrole nitrogens is 1. The van der Waals surface area contributed by atoms with Crippen molar-refractivity contribution < 1.29 is 24.0 Å². The fourth-order valence-corrected chi connectivity index (χ4v) is 2.67.